The summed E-state index contributed by atoms with van der Waals surface area (Å²) in [5.74, 6) is 0.919. The molecule has 3 rings (SSSR count). The molecule has 0 spiro atoms. The maximum absolute atomic E-state index is 10.5. The van der Waals surface area contributed by atoms with E-state index in [2.05, 4.69) is 11.0 Å². The molecule has 0 heterocycles. The summed E-state index contributed by atoms with van der Waals surface area (Å²) < 4.78 is 5.45. The monoisotopic (exact) mass is 297 g/mol. The van der Waals surface area contributed by atoms with E-state index in [0.717, 1.165) is 17.9 Å². The van der Waals surface area contributed by atoms with Crippen molar-refractivity contribution in [2.45, 2.75) is 31.5 Å². The average Bonchev–Trinajstić information content (AvgIpc) is 3.40. The highest BCUT2D eigenvalue weighted by atomic mass is 16.5. The fraction of sp³-hybridized carbons (Fsp3) is 0.368. The van der Waals surface area contributed by atoms with E-state index in [9.17, 15) is 5.11 Å². The Morgan fingerprint density at radius 2 is 1.77 bits per heavy atom. The average molecular weight is 297 g/mol. The molecule has 1 N–H and O–H groups in total. The summed E-state index contributed by atoms with van der Waals surface area (Å²) in [4.78, 5) is 2.37. The highest BCUT2D eigenvalue weighted by molar-refractivity contribution is 5.33. The minimum absolute atomic E-state index is 0.448. The van der Waals surface area contributed by atoms with Gasteiger partial charge in [-0.1, -0.05) is 48.5 Å². The molecule has 1 aliphatic carbocycles. The number of ether oxygens (including phenoxy) is 1. The van der Waals surface area contributed by atoms with Crippen molar-refractivity contribution in [2.24, 2.45) is 0 Å². The van der Waals surface area contributed by atoms with Crippen LogP contribution in [0, 0.1) is 0 Å². The van der Waals surface area contributed by atoms with Crippen LogP contribution in [0.15, 0.2) is 54.6 Å². The molecule has 3 heteroatoms. The van der Waals surface area contributed by atoms with Crippen LogP contribution in [0.1, 0.15) is 30.1 Å². The predicted octanol–water partition coefficient (Wildman–Crippen LogP) is 3.39. The van der Waals surface area contributed by atoms with Crippen molar-refractivity contribution in [2.75, 3.05) is 13.7 Å². The van der Waals surface area contributed by atoms with Crippen LogP contribution < -0.4 is 4.74 Å². The van der Waals surface area contributed by atoms with Crippen molar-refractivity contribution < 1.29 is 9.84 Å². The van der Waals surface area contributed by atoms with Gasteiger partial charge in [-0.3, -0.25) is 4.90 Å². The summed E-state index contributed by atoms with van der Waals surface area (Å²) in [6.45, 7) is 1.48. The Labute approximate surface area is 132 Å². The fourth-order valence-corrected chi connectivity index (χ4v) is 2.84. The number of methoxy groups -OCH3 is 1. The predicted molar refractivity (Wildman–Crippen MR) is 87.8 cm³/mol. The first-order chi connectivity index (χ1) is 10.8. The molecule has 116 valence electrons. The molecule has 1 fully saturated rings. The lowest BCUT2D eigenvalue weighted by Crippen LogP contribution is -2.30. The van der Waals surface area contributed by atoms with Crippen molar-refractivity contribution in [3.8, 4) is 5.75 Å². The minimum Gasteiger partial charge on any atom is -0.496 e. The third kappa shape index (κ3) is 3.67. The Balaban J connectivity index is 1.71. The van der Waals surface area contributed by atoms with Crippen molar-refractivity contribution >= 4 is 0 Å². The molecule has 22 heavy (non-hydrogen) atoms. The number of hydrogen-bond acceptors (Lipinski definition) is 3. The van der Waals surface area contributed by atoms with Gasteiger partial charge in [0.05, 0.1) is 13.2 Å². The topological polar surface area (TPSA) is 32.7 Å². The van der Waals surface area contributed by atoms with Gasteiger partial charge in [0.1, 0.15) is 5.75 Å². The number of aliphatic hydroxyl groups is 1. The molecule has 3 nitrogen and oxygen atoms in total. The molecule has 0 aliphatic heterocycles. The molecule has 1 aliphatic rings. The molecule has 2 aromatic carbocycles. The van der Waals surface area contributed by atoms with E-state index in [1.165, 1.54) is 18.4 Å². The summed E-state index contributed by atoms with van der Waals surface area (Å²) in [6.07, 6.45) is 1.99. The number of benzene rings is 2. The molecule has 0 radical (unpaired) electrons. The van der Waals surface area contributed by atoms with Crippen molar-refractivity contribution in [1.29, 1.82) is 0 Å². The molecule has 1 unspecified atom stereocenters. The van der Waals surface area contributed by atoms with Crippen molar-refractivity contribution in [3.05, 3.63) is 65.7 Å². The van der Waals surface area contributed by atoms with Gasteiger partial charge in [-0.15, -0.1) is 0 Å². The summed E-state index contributed by atoms with van der Waals surface area (Å²) >= 11 is 0. The number of rotatable bonds is 7. The first kappa shape index (κ1) is 15.1. The van der Waals surface area contributed by atoms with E-state index in [1.54, 1.807) is 7.11 Å². The zero-order valence-corrected chi connectivity index (χ0v) is 13.0. The third-order valence-electron chi connectivity index (χ3n) is 4.22. The maximum Gasteiger partial charge on any atom is 0.123 e. The van der Waals surface area contributed by atoms with Crippen LogP contribution in [0.25, 0.3) is 0 Å². The Bertz CT molecular complexity index is 595. The lowest BCUT2D eigenvalue weighted by molar-refractivity contribution is 0.104. The summed E-state index contributed by atoms with van der Waals surface area (Å²) in [7, 11) is 1.71. The highest BCUT2D eigenvalue weighted by Gasteiger charge is 2.31. The third-order valence-corrected chi connectivity index (χ3v) is 4.22. The van der Waals surface area contributed by atoms with Crippen LogP contribution in [0.5, 0.6) is 5.75 Å². The van der Waals surface area contributed by atoms with Crippen molar-refractivity contribution in [1.82, 2.24) is 4.90 Å². The van der Waals surface area contributed by atoms with Gasteiger partial charge in [0.15, 0.2) is 0 Å². The first-order valence-corrected chi connectivity index (χ1v) is 7.87. The number of nitrogens with zero attached hydrogens (tertiary/aromatic N) is 1. The van der Waals surface area contributed by atoms with Gasteiger partial charge in [0.25, 0.3) is 0 Å². The van der Waals surface area contributed by atoms with Crippen LogP contribution in [0.4, 0.5) is 0 Å². The Morgan fingerprint density at radius 1 is 1.09 bits per heavy atom. The van der Waals surface area contributed by atoms with Crippen LogP contribution in [-0.2, 0) is 6.54 Å². The van der Waals surface area contributed by atoms with E-state index in [1.807, 2.05) is 48.5 Å². The van der Waals surface area contributed by atoms with Gasteiger partial charge >= 0.3 is 0 Å². The number of aliphatic hydroxyl groups excluding tert-OH is 1. The van der Waals surface area contributed by atoms with E-state index in [4.69, 9.17) is 4.74 Å². The van der Waals surface area contributed by atoms with Gasteiger partial charge in [-0.05, 0) is 24.5 Å². The normalized spacial score (nSPS) is 15.8. The smallest absolute Gasteiger partial charge is 0.123 e. The van der Waals surface area contributed by atoms with Crippen LogP contribution in [-0.4, -0.2) is 29.7 Å². The van der Waals surface area contributed by atoms with Gasteiger partial charge in [-0.25, -0.2) is 0 Å². The van der Waals surface area contributed by atoms with E-state index in [0.29, 0.717) is 12.6 Å². The second kappa shape index (κ2) is 6.95. The highest BCUT2D eigenvalue weighted by Crippen LogP contribution is 2.31. The zero-order chi connectivity index (χ0) is 15.4. The van der Waals surface area contributed by atoms with Gasteiger partial charge in [0, 0.05) is 24.7 Å². The first-order valence-electron chi connectivity index (χ1n) is 7.87. The van der Waals surface area contributed by atoms with E-state index in [-0.39, 0.29) is 0 Å². The van der Waals surface area contributed by atoms with Crippen LogP contribution in [0.3, 0.4) is 0 Å². The van der Waals surface area contributed by atoms with Crippen LogP contribution in [0.2, 0.25) is 0 Å². The summed E-state index contributed by atoms with van der Waals surface area (Å²) in [5.41, 5.74) is 2.16. The molecular formula is C19H23NO2. The molecule has 1 atom stereocenters. The zero-order valence-electron chi connectivity index (χ0n) is 13.0. The summed E-state index contributed by atoms with van der Waals surface area (Å²) in [5, 5.41) is 10.5. The Morgan fingerprint density at radius 3 is 2.45 bits per heavy atom. The molecule has 0 saturated heterocycles. The maximum atomic E-state index is 10.5. The molecule has 0 bridgehead atoms. The van der Waals surface area contributed by atoms with Gasteiger partial charge < -0.3 is 9.84 Å². The van der Waals surface area contributed by atoms with Crippen LogP contribution >= 0.6 is 0 Å². The van der Waals surface area contributed by atoms with E-state index >= 15 is 0 Å². The number of para-hydroxylation sites is 1. The summed E-state index contributed by atoms with van der Waals surface area (Å²) in [6, 6.07) is 18.6. The standard InChI is InChI=1S/C19H23NO2/c1-22-19-10-6-5-9-16(19)13-20(17-11-12-17)14-18(21)15-7-3-2-4-8-15/h2-10,17-18,21H,11-14H2,1H3. The molecule has 0 amide bonds. The van der Waals surface area contributed by atoms with Gasteiger partial charge in [0.2, 0.25) is 0 Å². The second-order valence-electron chi connectivity index (χ2n) is 5.90. The Kier molecular flexibility index (Phi) is 4.76. The minimum atomic E-state index is -0.448. The molecular weight excluding hydrogens is 274 g/mol. The molecule has 2 aromatic rings. The second-order valence-corrected chi connectivity index (χ2v) is 5.90. The molecule has 0 aromatic heterocycles. The lowest BCUT2D eigenvalue weighted by atomic mass is 10.1. The quantitative estimate of drug-likeness (QED) is 0.850. The Hall–Kier alpha value is -1.84. The fourth-order valence-electron chi connectivity index (χ4n) is 2.84. The molecule has 1 saturated carbocycles. The SMILES string of the molecule is COc1ccccc1CN(CC(O)c1ccccc1)C1CC1. The number of hydrogen-bond donors (Lipinski definition) is 1. The van der Waals surface area contributed by atoms with Crippen molar-refractivity contribution in [3.63, 3.8) is 0 Å². The largest absolute Gasteiger partial charge is 0.496 e. The van der Waals surface area contributed by atoms with E-state index < -0.39 is 6.10 Å². The lowest BCUT2D eigenvalue weighted by Gasteiger charge is -2.26. The van der Waals surface area contributed by atoms with Gasteiger partial charge in [-0.2, -0.15) is 0 Å².